The molecule has 5 nitrogen and oxygen atoms in total. The summed E-state index contributed by atoms with van der Waals surface area (Å²) in [6.45, 7) is 0. The van der Waals surface area contributed by atoms with Crippen LogP contribution in [0.3, 0.4) is 0 Å². The van der Waals surface area contributed by atoms with Crippen molar-refractivity contribution >= 4 is 65.7 Å². The maximum atomic E-state index is 6.71. The van der Waals surface area contributed by atoms with Crippen molar-refractivity contribution in [2.45, 2.75) is 0 Å². The smallest absolute Gasteiger partial charge is 0.161 e. The Morgan fingerprint density at radius 2 is 0.895 bits per heavy atom. The lowest BCUT2D eigenvalue weighted by atomic mass is 9.99. The van der Waals surface area contributed by atoms with E-state index in [1.54, 1.807) is 0 Å². The molecule has 0 atom stereocenters. The van der Waals surface area contributed by atoms with Gasteiger partial charge < -0.3 is 13.4 Å². The standard InChI is InChI=1S/C52H31N3O2/c1-3-15-32(16-4-1)43-31-44(33-17-5-2-6-18-33)54-52(53-43)40-24-14-26-46-49(40)39-21-7-10-25-45(39)55(46)34-29-41-36-20-9-12-28-48(36)57-51(41)42(30-34)38-23-13-22-37-35-19-8-11-27-47(35)56-50(37)38/h1-31H. The van der Waals surface area contributed by atoms with Crippen LogP contribution in [0.25, 0.3) is 116 Å². The molecule has 0 radical (unpaired) electrons. The van der Waals surface area contributed by atoms with E-state index >= 15 is 0 Å². The van der Waals surface area contributed by atoms with Gasteiger partial charge >= 0.3 is 0 Å². The van der Waals surface area contributed by atoms with Crippen LogP contribution >= 0.6 is 0 Å². The van der Waals surface area contributed by atoms with Gasteiger partial charge in [-0.3, -0.25) is 0 Å². The van der Waals surface area contributed by atoms with Crippen molar-refractivity contribution in [3.63, 3.8) is 0 Å². The van der Waals surface area contributed by atoms with Crippen LogP contribution in [-0.4, -0.2) is 14.5 Å². The van der Waals surface area contributed by atoms with Gasteiger partial charge in [-0.2, -0.15) is 0 Å². The number of para-hydroxylation sites is 4. The molecule has 8 aromatic carbocycles. The zero-order valence-corrected chi connectivity index (χ0v) is 30.6. The molecule has 0 aliphatic carbocycles. The predicted molar refractivity (Wildman–Crippen MR) is 233 cm³/mol. The monoisotopic (exact) mass is 729 g/mol. The summed E-state index contributed by atoms with van der Waals surface area (Å²) in [5.41, 5.74) is 13.3. The van der Waals surface area contributed by atoms with Crippen LogP contribution in [0.4, 0.5) is 0 Å². The van der Waals surface area contributed by atoms with E-state index in [0.29, 0.717) is 5.82 Å². The van der Waals surface area contributed by atoms with E-state index in [1.165, 1.54) is 0 Å². The zero-order valence-electron chi connectivity index (χ0n) is 30.6. The van der Waals surface area contributed by atoms with Gasteiger partial charge in [0.1, 0.15) is 22.3 Å². The summed E-state index contributed by atoms with van der Waals surface area (Å²) in [6.07, 6.45) is 0. The Kier molecular flexibility index (Phi) is 6.86. The van der Waals surface area contributed by atoms with Crippen LogP contribution in [0.5, 0.6) is 0 Å². The van der Waals surface area contributed by atoms with E-state index in [4.69, 9.17) is 18.8 Å². The summed E-state index contributed by atoms with van der Waals surface area (Å²) in [4.78, 5) is 10.5. The molecule has 0 aliphatic heterocycles. The molecular formula is C52H31N3O2. The molecule has 12 rings (SSSR count). The first kappa shape index (κ1) is 31.6. The second kappa shape index (κ2) is 12.4. The molecule has 4 aromatic heterocycles. The highest BCUT2D eigenvalue weighted by molar-refractivity contribution is 6.18. The fraction of sp³-hybridized carbons (Fsp3) is 0. The molecule has 0 amide bonds. The summed E-state index contributed by atoms with van der Waals surface area (Å²) in [6, 6.07) is 65.3. The van der Waals surface area contributed by atoms with Gasteiger partial charge in [0.15, 0.2) is 5.82 Å². The number of benzene rings is 8. The number of hydrogen-bond donors (Lipinski definition) is 0. The molecule has 0 saturated heterocycles. The van der Waals surface area contributed by atoms with E-state index in [9.17, 15) is 0 Å². The molecule has 0 N–H and O–H groups in total. The lowest BCUT2D eigenvalue weighted by Gasteiger charge is -2.13. The quantitative estimate of drug-likeness (QED) is 0.177. The fourth-order valence-corrected chi connectivity index (χ4v) is 8.67. The van der Waals surface area contributed by atoms with Gasteiger partial charge in [0.25, 0.3) is 0 Å². The Morgan fingerprint density at radius 3 is 1.60 bits per heavy atom. The first-order valence-electron chi connectivity index (χ1n) is 19.2. The van der Waals surface area contributed by atoms with Crippen molar-refractivity contribution in [3.8, 4) is 50.7 Å². The van der Waals surface area contributed by atoms with Gasteiger partial charge in [-0.15, -0.1) is 0 Å². The molecule has 12 aromatic rings. The molecule has 266 valence electrons. The van der Waals surface area contributed by atoms with E-state index in [1.807, 2.05) is 36.4 Å². The van der Waals surface area contributed by atoms with Crippen molar-refractivity contribution in [2.24, 2.45) is 0 Å². The van der Waals surface area contributed by atoms with Gasteiger partial charge in [0.05, 0.1) is 22.4 Å². The number of fused-ring (bicyclic) bond motifs is 9. The van der Waals surface area contributed by atoms with E-state index in [2.05, 4.69) is 156 Å². The molecule has 57 heavy (non-hydrogen) atoms. The van der Waals surface area contributed by atoms with Crippen molar-refractivity contribution in [1.29, 1.82) is 0 Å². The Labute approximate surface area is 326 Å². The van der Waals surface area contributed by atoms with E-state index in [0.717, 1.165) is 111 Å². The summed E-state index contributed by atoms with van der Waals surface area (Å²) in [5.74, 6) is 0.678. The lowest BCUT2D eigenvalue weighted by molar-refractivity contribution is 0.665. The minimum absolute atomic E-state index is 0.678. The number of rotatable bonds is 5. The normalized spacial score (nSPS) is 11.9. The number of furan rings is 2. The molecule has 0 bridgehead atoms. The van der Waals surface area contributed by atoms with Crippen molar-refractivity contribution in [2.75, 3.05) is 0 Å². The Balaban J connectivity index is 1.15. The van der Waals surface area contributed by atoms with Crippen LogP contribution < -0.4 is 0 Å². The van der Waals surface area contributed by atoms with Gasteiger partial charge in [0.2, 0.25) is 0 Å². The molecule has 5 heteroatoms. The molecule has 0 spiro atoms. The molecular weight excluding hydrogens is 699 g/mol. The highest BCUT2D eigenvalue weighted by Crippen LogP contribution is 2.45. The molecule has 4 heterocycles. The highest BCUT2D eigenvalue weighted by Gasteiger charge is 2.23. The number of hydrogen-bond acceptors (Lipinski definition) is 4. The largest absolute Gasteiger partial charge is 0.455 e. The van der Waals surface area contributed by atoms with Crippen LogP contribution in [0.15, 0.2) is 197 Å². The third-order valence-electron chi connectivity index (χ3n) is 11.2. The average Bonchev–Trinajstić information content (AvgIpc) is 3.96. The summed E-state index contributed by atoms with van der Waals surface area (Å²) in [5, 5.41) is 6.49. The number of nitrogens with zero attached hydrogens (tertiary/aromatic N) is 3. The van der Waals surface area contributed by atoms with E-state index < -0.39 is 0 Å². The van der Waals surface area contributed by atoms with Crippen LogP contribution in [-0.2, 0) is 0 Å². The van der Waals surface area contributed by atoms with Crippen molar-refractivity contribution in [1.82, 2.24) is 14.5 Å². The Hall–Kier alpha value is -7.76. The molecule has 0 saturated carbocycles. The van der Waals surface area contributed by atoms with Crippen molar-refractivity contribution < 1.29 is 8.83 Å². The molecule has 0 unspecified atom stereocenters. The Bertz CT molecular complexity index is 3460. The minimum Gasteiger partial charge on any atom is -0.455 e. The van der Waals surface area contributed by atoms with Gasteiger partial charge in [-0.1, -0.05) is 146 Å². The molecule has 0 fully saturated rings. The zero-order chi connectivity index (χ0) is 37.5. The first-order valence-corrected chi connectivity index (χ1v) is 19.2. The van der Waals surface area contributed by atoms with E-state index in [-0.39, 0.29) is 0 Å². The highest BCUT2D eigenvalue weighted by atomic mass is 16.3. The van der Waals surface area contributed by atoms with Crippen LogP contribution in [0.2, 0.25) is 0 Å². The number of aromatic nitrogens is 3. The second-order valence-electron chi connectivity index (χ2n) is 14.5. The third kappa shape index (κ3) is 4.89. The maximum absolute atomic E-state index is 6.71. The van der Waals surface area contributed by atoms with Crippen molar-refractivity contribution in [3.05, 3.63) is 188 Å². The topological polar surface area (TPSA) is 57.0 Å². The first-order chi connectivity index (χ1) is 28.3. The maximum Gasteiger partial charge on any atom is 0.161 e. The second-order valence-corrected chi connectivity index (χ2v) is 14.5. The SMILES string of the molecule is c1ccc(-c2cc(-c3ccccc3)nc(-c3cccc4c3c3ccccc3n4-c3cc(-c4cccc5c4oc4ccccc45)c4oc5ccccc5c4c3)n2)cc1. The molecule has 0 aliphatic rings. The minimum atomic E-state index is 0.678. The third-order valence-corrected chi connectivity index (χ3v) is 11.2. The van der Waals surface area contributed by atoms with Crippen LogP contribution in [0, 0.1) is 0 Å². The predicted octanol–water partition coefficient (Wildman–Crippen LogP) is 14.0. The average molecular weight is 730 g/mol. The summed E-state index contributed by atoms with van der Waals surface area (Å²) >= 11 is 0. The lowest BCUT2D eigenvalue weighted by Crippen LogP contribution is -1.97. The Morgan fingerprint density at radius 1 is 0.368 bits per heavy atom. The van der Waals surface area contributed by atoms with Gasteiger partial charge in [0, 0.05) is 65.8 Å². The van der Waals surface area contributed by atoms with Gasteiger partial charge in [-0.25, -0.2) is 9.97 Å². The summed E-state index contributed by atoms with van der Waals surface area (Å²) < 4.78 is 15.7. The summed E-state index contributed by atoms with van der Waals surface area (Å²) in [7, 11) is 0. The van der Waals surface area contributed by atoms with Crippen LogP contribution in [0.1, 0.15) is 0 Å². The fourth-order valence-electron chi connectivity index (χ4n) is 8.67. The van der Waals surface area contributed by atoms with Gasteiger partial charge in [-0.05, 0) is 42.5 Å².